The van der Waals surface area contributed by atoms with E-state index in [-0.39, 0.29) is 0 Å². The van der Waals surface area contributed by atoms with Gasteiger partial charge in [0.15, 0.2) is 0 Å². The van der Waals surface area contributed by atoms with Gasteiger partial charge in [-0.2, -0.15) is 0 Å². The largest absolute Gasteiger partial charge is 0.508 e. The van der Waals surface area contributed by atoms with Crippen molar-refractivity contribution in [2.24, 2.45) is 5.92 Å². The SMILES string of the molecule is CCCCCCCCCCCC(c1ccccc1O)C(CCCCC)CCCCCC. The minimum atomic E-state index is 0.525. The maximum absolute atomic E-state index is 10.7. The van der Waals surface area contributed by atoms with Gasteiger partial charge in [0.1, 0.15) is 5.75 Å². The molecule has 0 aromatic heterocycles. The maximum atomic E-state index is 10.7. The Balaban J connectivity index is 2.63. The smallest absolute Gasteiger partial charge is 0.119 e. The van der Waals surface area contributed by atoms with Gasteiger partial charge in [-0.1, -0.05) is 142 Å². The number of aromatic hydroxyl groups is 1. The predicted octanol–water partition coefficient (Wildman–Crippen LogP) is 10.6. The van der Waals surface area contributed by atoms with Crippen LogP contribution < -0.4 is 0 Å². The van der Waals surface area contributed by atoms with Gasteiger partial charge in [0.05, 0.1) is 0 Å². The van der Waals surface area contributed by atoms with Gasteiger partial charge in [0, 0.05) is 0 Å². The Morgan fingerprint density at radius 3 is 1.55 bits per heavy atom. The highest BCUT2D eigenvalue weighted by atomic mass is 16.3. The zero-order valence-corrected chi connectivity index (χ0v) is 21.3. The Kier molecular flexibility index (Phi) is 17.8. The molecule has 0 saturated heterocycles. The third-order valence-corrected chi connectivity index (χ3v) is 7.13. The van der Waals surface area contributed by atoms with Crippen LogP contribution in [0.4, 0.5) is 0 Å². The molecule has 0 amide bonds. The van der Waals surface area contributed by atoms with E-state index in [2.05, 4.69) is 32.9 Å². The molecular formula is C30H54O. The van der Waals surface area contributed by atoms with Crippen LogP contribution in [0.1, 0.15) is 154 Å². The summed E-state index contributed by atoms with van der Waals surface area (Å²) >= 11 is 0. The second kappa shape index (κ2) is 19.7. The molecule has 0 saturated carbocycles. The zero-order chi connectivity index (χ0) is 22.6. The summed E-state index contributed by atoms with van der Waals surface area (Å²) < 4.78 is 0. The lowest BCUT2D eigenvalue weighted by Crippen LogP contribution is -2.14. The Morgan fingerprint density at radius 1 is 0.548 bits per heavy atom. The molecule has 2 unspecified atom stereocenters. The van der Waals surface area contributed by atoms with E-state index in [0.717, 1.165) is 5.92 Å². The topological polar surface area (TPSA) is 20.2 Å². The maximum Gasteiger partial charge on any atom is 0.119 e. The average molecular weight is 431 g/mol. The third kappa shape index (κ3) is 13.2. The molecule has 1 N–H and O–H groups in total. The van der Waals surface area contributed by atoms with Crippen molar-refractivity contribution in [3.63, 3.8) is 0 Å². The van der Waals surface area contributed by atoms with E-state index in [1.54, 1.807) is 0 Å². The predicted molar refractivity (Wildman–Crippen MR) is 139 cm³/mol. The first-order valence-electron chi connectivity index (χ1n) is 14.0. The first-order chi connectivity index (χ1) is 15.2. The lowest BCUT2D eigenvalue weighted by atomic mass is 9.76. The van der Waals surface area contributed by atoms with Crippen molar-refractivity contribution in [3.8, 4) is 5.75 Å². The van der Waals surface area contributed by atoms with Crippen molar-refractivity contribution < 1.29 is 5.11 Å². The number of phenolic OH excluding ortho intramolecular Hbond substituents is 1. The molecule has 0 bridgehead atoms. The highest BCUT2D eigenvalue weighted by Crippen LogP contribution is 2.40. The minimum Gasteiger partial charge on any atom is -0.508 e. The molecule has 1 heteroatoms. The van der Waals surface area contributed by atoms with Crippen molar-refractivity contribution in [2.45, 2.75) is 149 Å². The van der Waals surface area contributed by atoms with Crippen LogP contribution >= 0.6 is 0 Å². The first kappa shape index (κ1) is 28.1. The Labute approximate surface area is 195 Å². The molecule has 31 heavy (non-hydrogen) atoms. The van der Waals surface area contributed by atoms with Gasteiger partial charge in [0.25, 0.3) is 0 Å². The molecule has 0 spiro atoms. The number of hydrogen-bond acceptors (Lipinski definition) is 1. The van der Waals surface area contributed by atoms with Gasteiger partial charge in [0.2, 0.25) is 0 Å². The van der Waals surface area contributed by atoms with Crippen LogP contribution in [0.15, 0.2) is 24.3 Å². The molecule has 0 radical (unpaired) electrons. The normalized spacial score (nSPS) is 13.4. The molecular weight excluding hydrogens is 376 g/mol. The van der Waals surface area contributed by atoms with E-state index in [9.17, 15) is 5.11 Å². The van der Waals surface area contributed by atoms with Crippen LogP contribution in [0.5, 0.6) is 5.75 Å². The van der Waals surface area contributed by atoms with Crippen LogP contribution in [0, 0.1) is 5.92 Å². The molecule has 0 aliphatic heterocycles. The monoisotopic (exact) mass is 430 g/mol. The summed E-state index contributed by atoms with van der Waals surface area (Å²) in [6.45, 7) is 6.90. The first-order valence-corrected chi connectivity index (χ1v) is 14.0. The van der Waals surface area contributed by atoms with Gasteiger partial charge in [-0.3, -0.25) is 0 Å². The number of phenols is 1. The average Bonchev–Trinajstić information content (AvgIpc) is 2.78. The van der Waals surface area contributed by atoms with E-state index in [4.69, 9.17) is 0 Å². The Hall–Kier alpha value is -0.980. The summed E-state index contributed by atoms with van der Waals surface area (Å²) in [5.41, 5.74) is 1.22. The molecule has 0 fully saturated rings. The Bertz CT molecular complexity index is 509. The van der Waals surface area contributed by atoms with Gasteiger partial charge in [-0.25, -0.2) is 0 Å². The molecule has 1 aromatic carbocycles. The van der Waals surface area contributed by atoms with Gasteiger partial charge >= 0.3 is 0 Å². The van der Waals surface area contributed by atoms with Gasteiger partial charge in [-0.15, -0.1) is 0 Å². The van der Waals surface area contributed by atoms with E-state index in [1.807, 2.05) is 12.1 Å². The van der Waals surface area contributed by atoms with Crippen molar-refractivity contribution >= 4 is 0 Å². The number of hydrogen-bond donors (Lipinski definition) is 1. The van der Waals surface area contributed by atoms with Gasteiger partial charge < -0.3 is 5.11 Å². The number of unbranched alkanes of at least 4 members (excludes halogenated alkanes) is 13. The lowest BCUT2D eigenvalue weighted by Gasteiger charge is -2.29. The zero-order valence-electron chi connectivity index (χ0n) is 21.3. The molecule has 0 aliphatic carbocycles. The lowest BCUT2D eigenvalue weighted by molar-refractivity contribution is 0.315. The van der Waals surface area contributed by atoms with Crippen molar-refractivity contribution in [1.82, 2.24) is 0 Å². The molecule has 0 aliphatic rings. The second-order valence-electron chi connectivity index (χ2n) is 9.89. The standard InChI is InChI=1S/C30H54O/c1-4-7-10-12-13-14-15-16-19-24-28(29-25-20-21-26-30(29)31)27(22-17-9-6-3)23-18-11-8-5-2/h20-21,25-28,31H,4-19,22-24H2,1-3H3. The second-order valence-corrected chi connectivity index (χ2v) is 9.89. The van der Waals surface area contributed by atoms with Crippen LogP contribution in [0.25, 0.3) is 0 Å². The number of para-hydroxylation sites is 1. The molecule has 2 atom stereocenters. The van der Waals surface area contributed by atoms with E-state index < -0.39 is 0 Å². The van der Waals surface area contributed by atoms with Gasteiger partial charge in [-0.05, 0) is 42.7 Å². The number of rotatable bonds is 21. The van der Waals surface area contributed by atoms with Crippen LogP contribution in [0.3, 0.4) is 0 Å². The summed E-state index contributed by atoms with van der Waals surface area (Å²) in [7, 11) is 0. The summed E-state index contributed by atoms with van der Waals surface area (Å²) in [6, 6.07) is 8.20. The van der Waals surface area contributed by atoms with Crippen LogP contribution in [-0.4, -0.2) is 5.11 Å². The fraction of sp³-hybridized carbons (Fsp3) is 0.800. The molecule has 1 rings (SSSR count). The minimum absolute atomic E-state index is 0.525. The molecule has 1 aromatic rings. The summed E-state index contributed by atoms with van der Waals surface area (Å²) in [5.74, 6) is 1.78. The summed E-state index contributed by atoms with van der Waals surface area (Å²) in [5, 5.41) is 10.7. The highest BCUT2D eigenvalue weighted by Gasteiger charge is 2.24. The van der Waals surface area contributed by atoms with Crippen molar-refractivity contribution in [1.29, 1.82) is 0 Å². The quantitative estimate of drug-likeness (QED) is 0.192. The van der Waals surface area contributed by atoms with E-state index in [0.29, 0.717) is 11.7 Å². The molecule has 1 nitrogen and oxygen atoms in total. The van der Waals surface area contributed by atoms with Crippen molar-refractivity contribution in [3.05, 3.63) is 29.8 Å². The molecule has 0 heterocycles. The van der Waals surface area contributed by atoms with Crippen molar-refractivity contribution in [2.75, 3.05) is 0 Å². The van der Waals surface area contributed by atoms with E-state index in [1.165, 1.54) is 128 Å². The van der Waals surface area contributed by atoms with E-state index >= 15 is 0 Å². The fourth-order valence-electron chi connectivity index (χ4n) is 5.16. The molecule has 180 valence electrons. The Morgan fingerprint density at radius 2 is 0.968 bits per heavy atom. The highest BCUT2D eigenvalue weighted by molar-refractivity contribution is 5.35. The number of benzene rings is 1. The van der Waals surface area contributed by atoms with Crippen LogP contribution in [0.2, 0.25) is 0 Å². The summed E-state index contributed by atoms with van der Waals surface area (Å²) in [4.78, 5) is 0. The van der Waals surface area contributed by atoms with Crippen LogP contribution in [-0.2, 0) is 0 Å². The summed E-state index contributed by atoms with van der Waals surface area (Å²) in [6.07, 6.45) is 25.7. The third-order valence-electron chi connectivity index (χ3n) is 7.13. The fourth-order valence-corrected chi connectivity index (χ4v) is 5.16.